The summed E-state index contributed by atoms with van der Waals surface area (Å²) in [6.07, 6.45) is 4.67. The molecule has 3 rings (SSSR count). The van der Waals surface area contributed by atoms with Crippen LogP contribution in [0.25, 0.3) is 0 Å². The van der Waals surface area contributed by atoms with Crippen molar-refractivity contribution in [3.05, 3.63) is 41.7 Å². The molecule has 1 saturated heterocycles. The predicted octanol–water partition coefficient (Wildman–Crippen LogP) is 3.47. The van der Waals surface area contributed by atoms with Crippen LogP contribution in [0.2, 0.25) is 0 Å². The van der Waals surface area contributed by atoms with Gasteiger partial charge in [0.2, 0.25) is 0 Å². The number of anilines is 2. The minimum Gasteiger partial charge on any atom is -0.444 e. The van der Waals surface area contributed by atoms with E-state index in [-0.39, 0.29) is 16.8 Å². The first-order valence-corrected chi connectivity index (χ1v) is 13.8. The molecule has 2 unspecified atom stereocenters. The van der Waals surface area contributed by atoms with Crippen molar-refractivity contribution in [2.45, 2.75) is 64.1 Å². The Bertz CT molecular complexity index is 1290. The number of likely N-dealkylation sites (tertiary alicyclic amines) is 1. The summed E-state index contributed by atoms with van der Waals surface area (Å²) >= 11 is 0. The van der Waals surface area contributed by atoms with Gasteiger partial charge in [-0.05, 0) is 69.7 Å². The van der Waals surface area contributed by atoms with Gasteiger partial charge >= 0.3 is 17.9 Å². The number of rotatable bonds is 4. The van der Waals surface area contributed by atoms with Crippen molar-refractivity contribution in [2.24, 2.45) is 5.92 Å². The fourth-order valence-corrected chi connectivity index (χ4v) is 4.58. The summed E-state index contributed by atoms with van der Waals surface area (Å²) in [7, 11) is -3.45. The molecule has 0 saturated carbocycles. The van der Waals surface area contributed by atoms with Crippen molar-refractivity contribution < 1.29 is 27.5 Å². The molecule has 1 aliphatic rings. The number of aryl methyl sites for hydroxylation is 1. The third-order valence-corrected chi connectivity index (χ3v) is 6.75. The fourth-order valence-electron chi connectivity index (χ4n) is 4.02. The van der Waals surface area contributed by atoms with Gasteiger partial charge in [-0.3, -0.25) is 14.9 Å². The Morgan fingerprint density at radius 2 is 1.78 bits per heavy atom. The number of hydrogen-bond acceptors (Lipinski definition) is 8. The van der Waals surface area contributed by atoms with Crippen LogP contribution in [0.1, 0.15) is 57.7 Å². The van der Waals surface area contributed by atoms with Gasteiger partial charge in [0.1, 0.15) is 11.4 Å². The fraction of sp³-hybridized carbons (Fsp3) is 0.480. The Hall–Kier alpha value is -3.54. The number of carbonyl (C=O) groups excluding carboxylic acids is 3. The number of piperidine rings is 1. The van der Waals surface area contributed by atoms with E-state index in [1.165, 1.54) is 23.4 Å². The minimum atomic E-state index is -3.45. The minimum absolute atomic E-state index is 0.0523. The number of carbonyl (C=O) groups is 3. The molecular formula is C25H33N5O6S. The molecule has 0 bridgehead atoms. The Morgan fingerprint density at radius 1 is 1.08 bits per heavy atom. The number of nitrogens with one attached hydrogen (secondary N) is 2. The van der Waals surface area contributed by atoms with E-state index in [4.69, 9.17) is 4.74 Å². The molecule has 0 spiro atoms. The summed E-state index contributed by atoms with van der Waals surface area (Å²) in [4.78, 5) is 47.8. The molecule has 0 radical (unpaired) electrons. The van der Waals surface area contributed by atoms with Gasteiger partial charge in [-0.15, -0.1) is 0 Å². The second-order valence-corrected chi connectivity index (χ2v) is 12.3. The van der Waals surface area contributed by atoms with Crippen molar-refractivity contribution in [1.82, 2.24) is 14.9 Å². The Balaban J connectivity index is 1.73. The number of hydrogen-bond donors (Lipinski definition) is 2. The second-order valence-electron chi connectivity index (χ2n) is 10.3. The topological polar surface area (TPSA) is 148 Å². The molecule has 2 aromatic heterocycles. The van der Waals surface area contributed by atoms with E-state index in [1.54, 1.807) is 39.8 Å². The van der Waals surface area contributed by atoms with Gasteiger partial charge in [0.25, 0.3) is 0 Å². The van der Waals surface area contributed by atoms with Crippen LogP contribution in [0.5, 0.6) is 0 Å². The zero-order valence-electron chi connectivity index (χ0n) is 21.9. The van der Waals surface area contributed by atoms with E-state index in [2.05, 4.69) is 20.6 Å². The average Bonchev–Trinajstić information content (AvgIpc) is 2.78. The summed E-state index contributed by atoms with van der Waals surface area (Å²) in [6, 6.07) is 4.23. The van der Waals surface area contributed by atoms with E-state index >= 15 is 0 Å². The first kappa shape index (κ1) is 28.0. The Kier molecular flexibility index (Phi) is 8.21. The number of sulfone groups is 1. The Morgan fingerprint density at radius 3 is 2.35 bits per heavy atom. The van der Waals surface area contributed by atoms with Gasteiger partial charge < -0.3 is 15.0 Å². The smallest absolute Gasteiger partial charge is 0.413 e. The molecule has 11 nitrogen and oxygen atoms in total. The van der Waals surface area contributed by atoms with Crippen molar-refractivity contribution in [3.8, 4) is 0 Å². The average molecular weight is 532 g/mol. The summed E-state index contributed by atoms with van der Waals surface area (Å²) in [5, 5.41) is 5.09. The first-order chi connectivity index (χ1) is 17.1. The van der Waals surface area contributed by atoms with Gasteiger partial charge in [0.15, 0.2) is 14.9 Å². The summed E-state index contributed by atoms with van der Waals surface area (Å²) in [6.45, 7) is 9.32. The van der Waals surface area contributed by atoms with Crippen LogP contribution >= 0.6 is 0 Å². The van der Waals surface area contributed by atoms with E-state index < -0.39 is 39.4 Å². The lowest BCUT2D eigenvalue weighted by Gasteiger charge is -2.38. The van der Waals surface area contributed by atoms with E-state index in [0.717, 1.165) is 12.7 Å². The number of amides is 3. The maximum atomic E-state index is 13.2. The lowest BCUT2D eigenvalue weighted by atomic mass is 9.90. The normalized spacial score (nSPS) is 18.2. The van der Waals surface area contributed by atoms with E-state index in [0.29, 0.717) is 29.8 Å². The molecule has 3 amide bonds. The first-order valence-electron chi connectivity index (χ1n) is 11.9. The summed E-state index contributed by atoms with van der Waals surface area (Å²) in [5.74, 6) is -1.07. The molecule has 1 fully saturated rings. The quantitative estimate of drug-likeness (QED) is 0.570. The molecule has 3 heterocycles. The number of nitrogens with zero attached hydrogens (tertiary/aromatic N) is 3. The number of ether oxygens (including phenoxy) is 1. The maximum absolute atomic E-state index is 13.2. The molecule has 12 heteroatoms. The molecule has 0 aromatic carbocycles. The second kappa shape index (κ2) is 10.8. The van der Waals surface area contributed by atoms with Crippen LogP contribution in [0.3, 0.4) is 0 Å². The molecule has 2 aromatic rings. The Labute approximate surface area is 216 Å². The molecule has 1 aliphatic heterocycles. The highest BCUT2D eigenvalue weighted by molar-refractivity contribution is 7.90. The maximum Gasteiger partial charge on any atom is 0.413 e. The third-order valence-electron chi connectivity index (χ3n) is 5.75. The van der Waals surface area contributed by atoms with Crippen molar-refractivity contribution in [1.29, 1.82) is 0 Å². The van der Waals surface area contributed by atoms with Gasteiger partial charge in [0, 0.05) is 19.0 Å². The van der Waals surface area contributed by atoms with Crippen LogP contribution < -0.4 is 10.6 Å². The van der Waals surface area contributed by atoms with Crippen molar-refractivity contribution in [3.63, 3.8) is 0 Å². The van der Waals surface area contributed by atoms with Gasteiger partial charge in [0.05, 0.1) is 17.9 Å². The van der Waals surface area contributed by atoms with E-state index in [9.17, 15) is 22.8 Å². The van der Waals surface area contributed by atoms with Crippen LogP contribution in [0, 0.1) is 12.8 Å². The highest BCUT2D eigenvalue weighted by atomic mass is 32.2. The molecule has 2 atom stereocenters. The summed E-state index contributed by atoms with van der Waals surface area (Å²) < 4.78 is 28.7. The van der Waals surface area contributed by atoms with Crippen molar-refractivity contribution >= 4 is 39.3 Å². The van der Waals surface area contributed by atoms with Crippen molar-refractivity contribution in [2.75, 3.05) is 23.4 Å². The number of pyridine rings is 2. The lowest BCUT2D eigenvalue weighted by Crippen LogP contribution is -2.46. The lowest BCUT2D eigenvalue weighted by molar-refractivity contribution is -0.146. The standard InChI is InChI=1S/C25H33N5O6S/c1-15-7-9-19(17-8-10-20(26-12-17)37(6,34)35)30(14-15)23(32)22(31)28-18-11-16(2)21(27-13-18)29-24(33)36-25(3,4)5/h8,10-13,15,19H,7,9,14H2,1-6H3,(H,28,31)(H,27,29,33). The van der Waals surface area contributed by atoms with Crippen LogP contribution in [-0.2, 0) is 24.2 Å². The van der Waals surface area contributed by atoms with Crippen LogP contribution in [-0.4, -0.2) is 59.6 Å². The largest absolute Gasteiger partial charge is 0.444 e. The van der Waals surface area contributed by atoms with Crippen LogP contribution in [0.4, 0.5) is 16.3 Å². The molecular weight excluding hydrogens is 498 g/mol. The summed E-state index contributed by atoms with van der Waals surface area (Å²) in [5.41, 5.74) is 0.863. The predicted molar refractivity (Wildman–Crippen MR) is 138 cm³/mol. The highest BCUT2D eigenvalue weighted by Gasteiger charge is 2.34. The molecule has 200 valence electrons. The zero-order valence-corrected chi connectivity index (χ0v) is 22.7. The zero-order chi connectivity index (χ0) is 27.5. The van der Waals surface area contributed by atoms with E-state index in [1.807, 2.05) is 6.92 Å². The highest BCUT2D eigenvalue weighted by Crippen LogP contribution is 2.33. The molecule has 0 aliphatic carbocycles. The number of aromatic nitrogens is 2. The molecule has 2 N–H and O–H groups in total. The molecule has 37 heavy (non-hydrogen) atoms. The van der Waals surface area contributed by atoms with Gasteiger partial charge in [-0.1, -0.05) is 13.0 Å². The monoisotopic (exact) mass is 531 g/mol. The third kappa shape index (κ3) is 7.48. The van der Waals surface area contributed by atoms with Gasteiger partial charge in [-0.2, -0.15) is 0 Å². The van der Waals surface area contributed by atoms with Crippen LogP contribution in [0.15, 0.2) is 35.6 Å². The van der Waals surface area contributed by atoms with Gasteiger partial charge in [-0.25, -0.2) is 23.2 Å². The SMILES string of the molecule is Cc1cc(NC(=O)C(=O)N2CC(C)CCC2c2ccc(S(C)(=O)=O)nc2)cnc1NC(=O)OC(C)(C)C.